The van der Waals surface area contributed by atoms with Crippen LogP contribution in [0.2, 0.25) is 0 Å². The number of benzene rings is 2. The summed E-state index contributed by atoms with van der Waals surface area (Å²) in [6.45, 7) is 4.97. The summed E-state index contributed by atoms with van der Waals surface area (Å²) < 4.78 is 1.97. The van der Waals surface area contributed by atoms with Crippen molar-refractivity contribution < 1.29 is 4.79 Å². The van der Waals surface area contributed by atoms with Gasteiger partial charge < -0.3 is 10.2 Å². The van der Waals surface area contributed by atoms with Crippen molar-refractivity contribution >= 4 is 6.03 Å². The van der Waals surface area contributed by atoms with E-state index in [9.17, 15) is 4.79 Å². The second-order valence-electron chi connectivity index (χ2n) is 6.97. The lowest BCUT2D eigenvalue weighted by Gasteiger charge is -2.16. The van der Waals surface area contributed by atoms with Crippen molar-refractivity contribution in [3.8, 4) is 11.1 Å². The van der Waals surface area contributed by atoms with Crippen molar-refractivity contribution in [3.05, 3.63) is 77.6 Å². The Kier molecular flexibility index (Phi) is 4.92. The van der Waals surface area contributed by atoms with E-state index in [0.717, 1.165) is 29.7 Å². The Morgan fingerprint density at radius 1 is 1.04 bits per heavy atom. The van der Waals surface area contributed by atoms with E-state index >= 15 is 0 Å². The minimum Gasteiger partial charge on any atom is -0.334 e. The van der Waals surface area contributed by atoms with Crippen molar-refractivity contribution in [2.75, 3.05) is 0 Å². The van der Waals surface area contributed by atoms with E-state index in [4.69, 9.17) is 0 Å². The van der Waals surface area contributed by atoms with Gasteiger partial charge in [0.15, 0.2) is 0 Å². The molecule has 0 aliphatic carbocycles. The standard InChI is InChI=1S/C22H24N4O/c1-2-11-26-16-21(13-24-26)18-9-7-17(8-10-18)12-23-22(27)25-14-19-5-3-4-6-20(19)15-25/h3-10,13,16H,2,11-12,14-15H2,1H3,(H,23,27). The van der Waals surface area contributed by atoms with E-state index in [2.05, 4.69) is 59.9 Å². The highest BCUT2D eigenvalue weighted by Gasteiger charge is 2.22. The van der Waals surface area contributed by atoms with E-state index in [0.29, 0.717) is 19.6 Å². The Morgan fingerprint density at radius 3 is 2.41 bits per heavy atom. The number of nitrogens with one attached hydrogen (secondary N) is 1. The zero-order chi connectivity index (χ0) is 18.6. The maximum Gasteiger partial charge on any atom is 0.318 e. The summed E-state index contributed by atoms with van der Waals surface area (Å²) in [4.78, 5) is 14.3. The van der Waals surface area contributed by atoms with Gasteiger partial charge in [0.25, 0.3) is 0 Å². The number of rotatable bonds is 5. The lowest BCUT2D eigenvalue weighted by atomic mass is 10.1. The molecule has 0 fully saturated rings. The number of amides is 2. The van der Waals surface area contributed by atoms with Gasteiger partial charge in [0.05, 0.1) is 6.20 Å². The summed E-state index contributed by atoms with van der Waals surface area (Å²) in [6.07, 6.45) is 5.05. The second-order valence-corrected chi connectivity index (χ2v) is 6.97. The van der Waals surface area contributed by atoms with Crippen molar-refractivity contribution in [1.82, 2.24) is 20.0 Å². The molecular formula is C22H24N4O. The fraction of sp³-hybridized carbons (Fsp3) is 0.273. The highest BCUT2D eigenvalue weighted by atomic mass is 16.2. The molecule has 5 heteroatoms. The molecule has 138 valence electrons. The van der Waals surface area contributed by atoms with Gasteiger partial charge in [0, 0.05) is 37.9 Å². The van der Waals surface area contributed by atoms with Gasteiger partial charge in [-0.05, 0) is 28.7 Å². The molecule has 1 aliphatic rings. The summed E-state index contributed by atoms with van der Waals surface area (Å²) in [5.41, 5.74) is 5.82. The van der Waals surface area contributed by atoms with Crippen LogP contribution in [0.15, 0.2) is 60.9 Å². The van der Waals surface area contributed by atoms with Crippen molar-refractivity contribution in [2.24, 2.45) is 0 Å². The predicted octanol–water partition coefficient (Wildman–Crippen LogP) is 4.19. The molecule has 0 saturated carbocycles. The SMILES string of the molecule is CCCn1cc(-c2ccc(CNC(=O)N3Cc4ccccc4C3)cc2)cn1. The molecule has 5 nitrogen and oxygen atoms in total. The number of hydrogen-bond donors (Lipinski definition) is 1. The molecule has 4 rings (SSSR count). The molecule has 3 aromatic rings. The van der Waals surface area contributed by atoms with Crippen LogP contribution in [-0.2, 0) is 26.2 Å². The first-order chi connectivity index (χ1) is 13.2. The molecule has 2 aromatic carbocycles. The Balaban J connectivity index is 1.33. The molecule has 1 N–H and O–H groups in total. The van der Waals surface area contributed by atoms with Crippen LogP contribution in [0.4, 0.5) is 4.79 Å². The molecular weight excluding hydrogens is 336 g/mol. The van der Waals surface area contributed by atoms with Gasteiger partial charge >= 0.3 is 6.03 Å². The first-order valence-electron chi connectivity index (χ1n) is 9.44. The molecule has 2 amide bonds. The number of nitrogens with zero attached hydrogens (tertiary/aromatic N) is 3. The zero-order valence-corrected chi connectivity index (χ0v) is 15.6. The summed E-state index contributed by atoms with van der Waals surface area (Å²) in [6, 6.07) is 16.5. The normalized spacial score (nSPS) is 12.9. The quantitative estimate of drug-likeness (QED) is 0.742. The van der Waals surface area contributed by atoms with E-state index in [1.54, 1.807) is 0 Å². The third-order valence-corrected chi connectivity index (χ3v) is 4.94. The maximum absolute atomic E-state index is 12.4. The molecule has 0 saturated heterocycles. The minimum absolute atomic E-state index is 0.0175. The van der Waals surface area contributed by atoms with Crippen LogP contribution in [0.25, 0.3) is 11.1 Å². The van der Waals surface area contributed by atoms with E-state index in [1.807, 2.05) is 27.9 Å². The minimum atomic E-state index is -0.0175. The lowest BCUT2D eigenvalue weighted by molar-refractivity contribution is 0.198. The van der Waals surface area contributed by atoms with Crippen molar-refractivity contribution in [3.63, 3.8) is 0 Å². The summed E-state index contributed by atoms with van der Waals surface area (Å²) in [5.74, 6) is 0. The fourth-order valence-electron chi connectivity index (χ4n) is 3.45. The molecule has 0 radical (unpaired) electrons. The summed E-state index contributed by atoms with van der Waals surface area (Å²) in [7, 11) is 0. The Labute approximate surface area is 159 Å². The maximum atomic E-state index is 12.4. The molecule has 2 heterocycles. The van der Waals surface area contributed by atoms with Gasteiger partial charge in [0.1, 0.15) is 0 Å². The van der Waals surface area contributed by atoms with Crippen LogP contribution in [0.3, 0.4) is 0 Å². The lowest BCUT2D eigenvalue weighted by Crippen LogP contribution is -2.35. The van der Waals surface area contributed by atoms with Gasteiger partial charge in [-0.3, -0.25) is 4.68 Å². The number of hydrogen-bond acceptors (Lipinski definition) is 2. The van der Waals surface area contributed by atoms with Crippen LogP contribution in [0.1, 0.15) is 30.0 Å². The third-order valence-electron chi connectivity index (χ3n) is 4.94. The fourth-order valence-corrected chi connectivity index (χ4v) is 3.45. The van der Waals surface area contributed by atoms with Gasteiger partial charge in [-0.2, -0.15) is 5.10 Å². The average Bonchev–Trinajstić information content (AvgIpc) is 3.34. The zero-order valence-electron chi connectivity index (χ0n) is 15.6. The Morgan fingerprint density at radius 2 is 1.74 bits per heavy atom. The van der Waals surface area contributed by atoms with Crippen molar-refractivity contribution in [1.29, 1.82) is 0 Å². The number of urea groups is 1. The van der Waals surface area contributed by atoms with Crippen LogP contribution in [0, 0.1) is 0 Å². The van der Waals surface area contributed by atoms with Gasteiger partial charge in [-0.15, -0.1) is 0 Å². The monoisotopic (exact) mass is 360 g/mol. The molecule has 1 aromatic heterocycles. The largest absolute Gasteiger partial charge is 0.334 e. The van der Waals surface area contributed by atoms with Crippen LogP contribution in [0.5, 0.6) is 0 Å². The van der Waals surface area contributed by atoms with Crippen LogP contribution < -0.4 is 5.32 Å². The first-order valence-corrected chi connectivity index (χ1v) is 9.44. The van der Waals surface area contributed by atoms with Gasteiger partial charge in [0.2, 0.25) is 0 Å². The second kappa shape index (κ2) is 7.66. The molecule has 0 atom stereocenters. The topological polar surface area (TPSA) is 50.2 Å². The first kappa shape index (κ1) is 17.3. The highest BCUT2D eigenvalue weighted by Crippen LogP contribution is 2.22. The van der Waals surface area contributed by atoms with E-state index in [-0.39, 0.29) is 6.03 Å². The van der Waals surface area contributed by atoms with Crippen molar-refractivity contribution in [2.45, 2.75) is 39.5 Å². The van der Waals surface area contributed by atoms with Crippen LogP contribution >= 0.6 is 0 Å². The number of aryl methyl sites for hydroxylation is 1. The Hall–Kier alpha value is -3.08. The molecule has 1 aliphatic heterocycles. The molecule has 27 heavy (non-hydrogen) atoms. The van der Waals surface area contributed by atoms with Gasteiger partial charge in [-0.1, -0.05) is 55.5 Å². The number of fused-ring (bicyclic) bond motifs is 1. The average molecular weight is 360 g/mol. The smallest absolute Gasteiger partial charge is 0.318 e. The molecule has 0 bridgehead atoms. The third kappa shape index (κ3) is 3.87. The number of carbonyl (C=O) groups is 1. The Bertz CT molecular complexity index is 904. The predicted molar refractivity (Wildman–Crippen MR) is 106 cm³/mol. The number of aromatic nitrogens is 2. The van der Waals surface area contributed by atoms with Gasteiger partial charge in [-0.25, -0.2) is 4.79 Å². The number of carbonyl (C=O) groups excluding carboxylic acids is 1. The van der Waals surface area contributed by atoms with Crippen LogP contribution in [-0.4, -0.2) is 20.7 Å². The van der Waals surface area contributed by atoms with E-state index in [1.165, 1.54) is 11.1 Å². The summed E-state index contributed by atoms with van der Waals surface area (Å²) in [5, 5.41) is 7.41. The van der Waals surface area contributed by atoms with E-state index < -0.39 is 0 Å². The molecule has 0 spiro atoms. The summed E-state index contributed by atoms with van der Waals surface area (Å²) >= 11 is 0. The molecule has 0 unspecified atom stereocenters. The highest BCUT2D eigenvalue weighted by molar-refractivity contribution is 5.75.